The molecule has 3 atom stereocenters. The smallest absolute Gasteiger partial charge is 0.321 e. The lowest BCUT2D eigenvalue weighted by Crippen LogP contribution is -2.42. The molecular formula is C16H20N2O4. The Kier molecular flexibility index (Phi) is 5.14. The average molecular weight is 304 g/mol. The van der Waals surface area contributed by atoms with Crippen molar-refractivity contribution in [3.63, 3.8) is 0 Å². The summed E-state index contributed by atoms with van der Waals surface area (Å²) in [7, 11) is 0. The highest BCUT2D eigenvalue weighted by Crippen LogP contribution is 2.39. The molecule has 0 spiro atoms. The van der Waals surface area contributed by atoms with Gasteiger partial charge in [0.2, 0.25) is 6.10 Å². The van der Waals surface area contributed by atoms with Crippen molar-refractivity contribution in [3.8, 4) is 0 Å². The SMILES string of the molecule is CCNC(=O)NC(=O)[C@H](OC(=O)[C@@H]1C[C@@H]1C)c1ccccc1. The maximum atomic E-state index is 12.2. The van der Waals surface area contributed by atoms with Crippen molar-refractivity contribution in [2.75, 3.05) is 6.54 Å². The van der Waals surface area contributed by atoms with Gasteiger partial charge in [0.05, 0.1) is 5.92 Å². The predicted molar refractivity (Wildman–Crippen MR) is 79.8 cm³/mol. The highest BCUT2D eigenvalue weighted by molar-refractivity contribution is 5.97. The van der Waals surface area contributed by atoms with Gasteiger partial charge in [0.15, 0.2) is 0 Å². The van der Waals surface area contributed by atoms with Gasteiger partial charge in [-0.15, -0.1) is 0 Å². The summed E-state index contributed by atoms with van der Waals surface area (Å²) in [6.45, 7) is 4.10. The topological polar surface area (TPSA) is 84.5 Å². The van der Waals surface area contributed by atoms with Gasteiger partial charge in [-0.05, 0) is 19.3 Å². The van der Waals surface area contributed by atoms with Crippen LogP contribution in [0.5, 0.6) is 0 Å². The molecule has 1 aliphatic rings. The molecule has 1 saturated carbocycles. The Hall–Kier alpha value is -2.37. The van der Waals surface area contributed by atoms with Crippen LogP contribution in [0, 0.1) is 11.8 Å². The molecule has 1 fully saturated rings. The number of rotatable bonds is 5. The van der Waals surface area contributed by atoms with E-state index in [9.17, 15) is 14.4 Å². The Morgan fingerprint density at radius 1 is 1.27 bits per heavy atom. The molecule has 6 heteroatoms. The summed E-state index contributed by atoms with van der Waals surface area (Å²) in [5.74, 6) is -0.912. The number of carbonyl (C=O) groups is 3. The molecule has 118 valence electrons. The van der Waals surface area contributed by atoms with Crippen LogP contribution in [0.25, 0.3) is 0 Å². The first kappa shape index (κ1) is 16.0. The molecule has 0 bridgehead atoms. The number of amides is 3. The third-order valence-electron chi connectivity index (χ3n) is 3.56. The predicted octanol–water partition coefficient (Wildman–Crippen LogP) is 1.77. The van der Waals surface area contributed by atoms with Crippen LogP contribution in [0.15, 0.2) is 30.3 Å². The monoisotopic (exact) mass is 304 g/mol. The first-order valence-electron chi connectivity index (χ1n) is 7.37. The molecule has 0 heterocycles. The van der Waals surface area contributed by atoms with Crippen molar-refractivity contribution >= 4 is 17.9 Å². The van der Waals surface area contributed by atoms with Crippen LogP contribution in [0.3, 0.4) is 0 Å². The molecule has 0 aliphatic heterocycles. The quantitative estimate of drug-likeness (QED) is 0.812. The van der Waals surface area contributed by atoms with Gasteiger partial charge in [-0.25, -0.2) is 4.79 Å². The summed E-state index contributed by atoms with van der Waals surface area (Å²) in [5, 5.41) is 4.66. The van der Waals surface area contributed by atoms with Crippen molar-refractivity contribution in [2.45, 2.75) is 26.4 Å². The summed E-state index contributed by atoms with van der Waals surface area (Å²) in [5.41, 5.74) is 0.533. The zero-order valence-electron chi connectivity index (χ0n) is 12.7. The second kappa shape index (κ2) is 7.06. The second-order valence-electron chi connectivity index (χ2n) is 5.40. The van der Waals surface area contributed by atoms with E-state index in [0.29, 0.717) is 12.1 Å². The molecule has 1 aromatic rings. The lowest BCUT2D eigenvalue weighted by molar-refractivity contribution is -0.157. The molecule has 22 heavy (non-hydrogen) atoms. The maximum Gasteiger partial charge on any atom is 0.321 e. The Labute approximate surface area is 129 Å². The Bertz CT molecular complexity index is 559. The van der Waals surface area contributed by atoms with E-state index in [-0.39, 0.29) is 11.8 Å². The number of urea groups is 1. The van der Waals surface area contributed by atoms with E-state index < -0.39 is 24.0 Å². The fraction of sp³-hybridized carbons (Fsp3) is 0.438. The second-order valence-corrected chi connectivity index (χ2v) is 5.40. The molecule has 1 aromatic carbocycles. The lowest BCUT2D eigenvalue weighted by atomic mass is 10.1. The Balaban J connectivity index is 2.09. The van der Waals surface area contributed by atoms with E-state index in [4.69, 9.17) is 4.74 Å². The summed E-state index contributed by atoms with van der Waals surface area (Å²) < 4.78 is 5.34. The van der Waals surface area contributed by atoms with Gasteiger partial charge in [0, 0.05) is 12.1 Å². The van der Waals surface area contributed by atoms with Crippen LogP contribution >= 0.6 is 0 Å². The van der Waals surface area contributed by atoms with E-state index in [1.165, 1.54) is 0 Å². The molecule has 0 aromatic heterocycles. The van der Waals surface area contributed by atoms with E-state index in [1.807, 2.05) is 6.92 Å². The molecule has 1 aliphatic carbocycles. The molecular weight excluding hydrogens is 284 g/mol. The number of imide groups is 1. The maximum absolute atomic E-state index is 12.2. The number of hydrogen-bond donors (Lipinski definition) is 2. The van der Waals surface area contributed by atoms with E-state index in [1.54, 1.807) is 37.3 Å². The third kappa shape index (κ3) is 4.07. The van der Waals surface area contributed by atoms with Crippen LogP contribution in [0.1, 0.15) is 31.9 Å². The van der Waals surface area contributed by atoms with Crippen molar-refractivity contribution in [1.82, 2.24) is 10.6 Å². The van der Waals surface area contributed by atoms with Gasteiger partial charge in [-0.1, -0.05) is 37.3 Å². The summed E-state index contributed by atoms with van der Waals surface area (Å²) in [6, 6.07) is 8.05. The van der Waals surface area contributed by atoms with Crippen LogP contribution < -0.4 is 10.6 Å². The number of hydrogen-bond acceptors (Lipinski definition) is 4. The van der Waals surface area contributed by atoms with Crippen LogP contribution in [0.4, 0.5) is 4.79 Å². The molecule has 0 saturated heterocycles. The van der Waals surface area contributed by atoms with Gasteiger partial charge in [-0.3, -0.25) is 14.9 Å². The highest BCUT2D eigenvalue weighted by atomic mass is 16.5. The number of carbonyl (C=O) groups excluding carboxylic acids is 3. The van der Waals surface area contributed by atoms with Gasteiger partial charge in [-0.2, -0.15) is 0 Å². The molecule has 2 rings (SSSR count). The van der Waals surface area contributed by atoms with Crippen molar-refractivity contribution in [3.05, 3.63) is 35.9 Å². The van der Waals surface area contributed by atoms with Gasteiger partial charge in [0.25, 0.3) is 5.91 Å². The van der Waals surface area contributed by atoms with Gasteiger partial charge < -0.3 is 10.1 Å². The molecule has 0 radical (unpaired) electrons. The van der Waals surface area contributed by atoms with Gasteiger partial charge >= 0.3 is 12.0 Å². The zero-order valence-corrected chi connectivity index (χ0v) is 12.7. The van der Waals surface area contributed by atoms with E-state index >= 15 is 0 Å². The Morgan fingerprint density at radius 3 is 2.45 bits per heavy atom. The summed E-state index contributed by atoms with van der Waals surface area (Å²) >= 11 is 0. The van der Waals surface area contributed by atoms with Gasteiger partial charge in [0.1, 0.15) is 0 Å². The number of esters is 1. The first-order chi connectivity index (χ1) is 10.5. The number of ether oxygens (including phenoxy) is 1. The minimum absolute atomic E-state index is 0.150. The van der Waals surface area contributed by atoms with Crippen LogP contribution in [-0.2, 0) is 14.3 Å². The lowest BCUT2D eigenvalue weighted by Gasteiger charge is -2.17. The largest absolute Gasteiger partial charge is 0.447 e. The number of nitrogens with one attached hydrogen (secondary N) is 2. The van der Waals surface area contributed by atoms with E-state index in [2.05, 4.69) is 10.6 Å². The standard InChI is InChI=1S/C16H20N2O4/c1-3-17-16(21)18-14(19)13(11-7-5-4-6-8-11)22-15(20)12-9-10(12)2/h4-8,10,12-13H,3,9H2,1-2H3,(H2,17,18,19,21)/t10-,12+,13+/m0/s1. The van der Waals surface area contributed by atoms with E-state index in [0.717, 1.165) is 6.42 Å². The minimum Gasteiger partial charge on any atom is -0.447 e. The zero-order chi connectivity index (χ0) is 16.1. The van der Waals surface area contributed by atoms with Crippen LogP contribution in [-0.4, -0.2) is 24.5 Å². The van der Waals surface area contributed by atoms with Crippen molar-refractivity contribution < 1.29 is 19.1 Å². The van der Waals surface area contributed by atoms with Crippen molar-refractivity contribution in [1.29, 1.82) is 0 Å². The minimum atomic E-state index is -1.12. The Morgan fingerprint density at radius 2 is 1.91 bits per heavy atom. The summed E-state index contributed by atoms with van der Waals surface area (Å²) in [4.78, 5) is 35.7. The normalized spacial score (nSPS) is 20.6. The first-order valence-corrected chi connectivity index (χ1v) is 7.37. The fourth-order valence-corrected chi connectivity index (χ4v) is 2.14. The molecule has 6 nitrogen and oxygen atoms in total. The molecule has 3 amide bonds. The summed E-state index contributed by atoms with van der Waals surface area (Å²) in [6.07, 6.45) is -0.345. The highest BCUT2D eigenvalue weighted by Gasteiger charge is 2.42. The molecule has 2 N–H and O–H groups in total. The van der Waals surface area contributed by atoms with Crippen molar-refractivity contribution in [2.24, 2.45) is 11.8 Å². The molecule has 0 unspecified atom stereocenters. The van der Waals surface area contributed by atoms with Crippen LogP contribution in [0.2, 0.25) is 0 Å². The third-order valence-corrected chi connectivity index (χ3v) is 3.56. The fourth-order valence-electron chi connectivity index (χ4n) is 2.14. The average Bonchev–Trinajstić information content (AvgIpc) is 3.22. The number of benzene rings is 1.